The highest BCUT2D eigenvalue weighted by Gasteiger charge is 2.19. The number of nitro groups is 1. The second kappa shape index (κ2) is 6.77. The summed E-state index contributed by atoms with van der Waals surface area (Å²) in [4.78, 5) is 11.8. The van der Waals surface area contributed by atoms with Crippen molar-refractivity contribution in [2.75, 3.05) is 19.5 Å². The van der Waals surface area contributed by atoms with Crippen LogP contribution in [0.4, 0.5) is 11.4 Å². The number of rotatable bonds is 6. The fourth-order valence-electron chi connectivity index (χ4n) is 1.79. The van der Waals surface area contributed by atoms with Gasteiger partial charge in [-0.1, -0.05) is 0 Å². The van der Waals surface area contributed by atoms with E-state index in [0.717, 1.165) is 9.35 Å². The second-order valence-corrected chi connectivity index (χ2v) is 5.88. The summed E-state index contributed by atoms with van der Waals surface area (Å²) in [5, 5.41) is 16.2. The molecule has 2 rings (SSSR count). The van der Waals surface area contributed by atoms with Crippen LogP contribution in [0.1, 0.15) is 4.88 Å². The molecule has 8 heteroatoms. The molecule has 0 saturated heterocycles. The van der Waals surface area contributed by atoms with Crippen LogP contribution < -0.4 is 14.8 Å². The van der Waals surface area contributed by atoms with Crippen LogP contribution in [0.25, 0.3) is 0 Å². The monoisotopic (exact) mass is 372 g/mol. The summed E-state index contributed by atoms with van der Waals surface area (Å²) in [5.74, 6) is 0.767. The maximum atomic E-state index is 11.2. The average molecular weight is 373 g/mol. The minimum atomic E-state index is -0.451. The number of anilines is 1. The Labute approximate surface area is 134 Å². The first kappa shape index (κ1) is 15.6. The van der Waals surface area contributed by atoms with Crippen molar-refractivity contribution in [1.82, 2.24) is 0 Å². The highest BCUT2D eigenvalue weighted by molar-refractivity contribution is 9.10. The number of methoxy groups -OCH3 is 2. The molecule has 0 bridgehead atoms. The van der Waals surface area contributed by atoms with Crippen LogP contribution in [0.3, 0.4) is 0 Å². The largest absolute Gasteiger partial charge is 0.493 e. The third kappa shape index (κ3) is 3.45. The van der Waals surface area contributed by atoms with Gasteiger partial charge < -0.3 is 14.8 Å². The highest BCUT2D eigenvalue weighted by atomic mass is 79.9. The molecule has 1 aromatic carbocycles. The molecule has 1 heterocycles. The average Bonchev–Trinajstić information content (AvgIpc) is 2.89. The predicted octanol–water partition coefficient (Wildman–Crippen LogP) is 4.05. The third-order valence-electron chi connectivity index (χ3n) is 2.83. The Kier molecular flexibility index (Phi) is 5.03. The highest BCUT2D eigenvalue weighted by Crippen LogP contribution is 2.38. The van der Waals surface area contributed by atoms with E-state index in [0.29, 0.717) is 23.7 Å². The van der Waals surface area contributed by atoms with E-state index in [1.54, 1.807) is 17.4 Å². The molecule has 0 amide bonds. The number of halogens is 1. The van der Waals surface area contributed by atoms with E-state index in [9.17, 15) is 10.1 Å². The Balaban J connectivity index is 2.32. The Morgan fingerprint density at radius 1 is 1.33 bits per heavy atom. The van der Waals surface area contributed by atoms with Crippen molar-refractivity contribution in [3.05, 3.63) is 43.0 Å². The topological polar surface area (TPSA) is 73.6 Å². The smallest absolute Gasteiger partial charge is 0.296 e. The van der Waals surface area contributed by atoms with Crippen LogP contribution in [-0.4, -0.2) is 19.1 Å². The van der Waals surface area contributed by atoms with Gasteiger partial charge in [0, 0.05) is 15.4 Å². The summed E-state index contributed by atoms with van der Waals surface area (Å²) in [6.07, 6.45) is 0. The van der Waals surface area contributed by atoms with E-state index in [1.165, 1.54) is 20.3 Å². The van der Waals surface area contributed by atoms with Gasteiger partial charge in [-0.15, -0.1) is 11.3 Å². The molecule has 112 valence electrons. The summed E-state index contributed by atoms with van der Waals surface area (Å²) in [6, 6.07) is 4.85. The summed E-state index contributed by atoms with van der Waals surface area (Å²) < 4.78 is 11.2. The van der Waals surface area contributed by atoms with Gasteiger partial charge in [-0.3, -0.25) is 10.1 Å². The zero-order valence-corrected chi connectivity index (χ0v) is 13.8. The van der Waals surface area contributed by atoms with E-state index >= 15 is 0 Å². The molecule has 0 radical (unpaired) electrons. The summed E-state index contributed by atoms with van der Waals surface area (Å²) >= 11 is 5.00. The van der Waals surface area contributed by atoms with Crippen LogP contribution in [0.5, 0.6) is 11.5 Å². The van der Waals surface area contributed by atoms with Gasteiger partial charge >= 0.3 is 0 Å². The minimum Gasteiger partial charge on any atom is -0.493 e. The third-order valence-corrected chi connectivity index (χ3v) is 4.76. The Bertz CT molecular complexity index is 660. The Morgan fingerprint density at radius 3 is 2.52 bits per heavy atom. The minimum absolute atomic E-state index is 0.0553. The molecule has 2 aromatic rings. The lowest BCUT2D eigenvalue weighted by Gasteiger charge is -2.11. The SMILES string of the molecule is COc1cc(NCc2sccc2Br)c([N+](=O)[O-])cc1OC. The molecule has 6 nitrogen and oxygen atoms in total. The van der Waals surface area contributed by atoms with Crippen LogP contribution in [0.2, 0.25) is 0 Å². The van der Waals surface area contributed by atoms with Crippen molar-refractivity contribution in [3.63, 3.8) is 0 Å². The lowest BCUT2D eigenvalue weighted by molar-refractivity contribution is -0.384. The summed E-state index contributed by atoms with van der Waals surface area (Å²) in [5.41, 5.74) is 0.332. The van der Waals surface area contributed by atoms with E-state index in [1.807, 2.05) is 11.4 Å². The van der Waals surface area contributed by atoms with Gasteiger partial charge in [0.1, 0.15) is 5.69 Å². The van der Waals surface area contributed by atoms with Crippen molar-refractivity contribution in [3.8, 4) is 11.5 Å². The van der Waals surface area contributed by atoms with Crippen LogP contribution >= 0.6 is 27.3 Å². The fourth-order valence-corrected chi connectivity index (χ4v) is 3.22. The molecule has 0 aliphatic heterocycles. The molecule has 0 unspecified atom stereocenters. The summed E-state index contributed by atoms with van der Waals surface area (Å²) in [6.45, 7) is 0.481. The molecule has 0 spiro atoms. The number of ether oxygens (including phenoxy) is 2. The Hall–Kier alpha value is -1.80. The number of benzene rings is 1. The molecule has 0 atom stereocenters. The lowest BCUT2D eigenvalue weighted by atomic mass is 10.2. The van der Waals surface area contributed by atoms with Gasteiger partial charge in [-0.05, 0) is 27.4 Å². The first-order valence-electron chi connectivity index (χ1n) is 5.93. The normalized spacial score (nSPS) is 10.2. The molecule has 1 aromatic heterocycles. The predicted molar refractivity (Wildman–Crippen MR) is 85.5 cm³/mol. The molecular weight excluding hydrogens is 360 g/mol. The van der Waals surface area contributed by atoms with Crippen molar-refractivity contribution in [2.45, 2.75) is 6.54 Å². The van der Waals surface area contributed by atoms with E-state index in [2.05, 4.69) is 21.2 Å². The van der Waals surface area contributed by atoms with E-state index < -0.39 is 4.92 Å². The number of nitrogens with one attached hydrogen (secondary N) is 1. The quantitative estimate of drug-likeness (QED) is 0.611. The fraction of sp³-hybridized carbons (Fsp3) is 0.231. The number of hydrogen-bond acceptors (Lipinski definition) is 6. The first-order chi connectivity index (χ1) is 10.1. The molecule has 21 heavy (non-hydrogen) atoms. The molecule has 0 aliphatic rings. The Morgan fingerprint density at radius 2 is 2.00 bits per heavy atom. The number of hydrogen-bond donors (Lipinski definition) is 1. The van der Waals surface area contributed by atoms with Crippen LogP contribution in [-0.2, 0) is 6.54 Å². The maximum Gasteiger partial charge on any atom is 0.296 e. The van der Waals surface area contributed by atoms with E-state index in [4.69, 9.17) is 9.47 Å². The van der Waals surface area contributed by atoms with Gasteiger partial charge in [0.25, 0.3) is 5.69 Å². The van der Waals surface area contributed by atoms with Gasteiger partial charge in [0.05, 0.1) is 31.8 Å². The van der Waals surface area contributed by atoms with E-state index in [-0.39, 0.29) is 5.69 Å². The van der Waals surface area contributed by atoms with Gasteiger partial charge in [0.15, 0.2) is 11.5 Å². The van der Waals surface area contributed by atoms with Crippen molar-refractivity contribution < 1.29 is 14.4 Å². The summed E-state index contributed by atoms with van der Waals surface area (Å²) in [7, 11) is 2.93. The molecule has 1 N–H and O–H groups in total. The molecule has 0 aliphatic carbocycles. The zero-order valence-electron chi connectivity index (χ0n) is 11.4. The lowest BCUT2D eigenvalue weighted by Crippen LogP contribution is -2.03. The van der Waals surface area contributed by atoms with Gasteiger partial charge in [-0.25, -0.2) is 0 Å². The molecule has 0 saturated carbocycles. The van der Waals surface area contributed by atoms with Crippen molar-refractivity contribution in [1.29, 1.82) is 0 Å². The van der Waals surface area contributed by atoms with Crippen LogP contribution in [0, 0.1) is 10.1 Å². The number of nitrogens with zero attached hydrogens (tertiary/aromatic N) is 1. The maximum absolute atomic E-state index is 11.2. The van der Waals surface area contributed by atoms with Crippen molar-refractivity contribution in [2.24, 2.45) is 0 Å². The van der Waals surface area contributed by atoms with Crippen molar-refractivity contribution >= 4 is 38.6 Å². The molecule has 0 fully saturated rings. The number of thiophene rings is 1. The molecular formula is C13H13BrN2O4S. The van der Waals surface area contributed by atoms with Gasteiger partial charge in [-0.2, -0.15) is 0 Å². The second-order valence-electron chi connectivity index (χ2n) is 4.03. The first-order valence-corrected chi connectivity index (χ1v) is 7.60. The standard InChI is InChI=1S/C13H13BrN2O4S/c1-19-11-5-9(10(16(17)18)6-12(11)20-2)15-7-13-8(14)3-4-21-13/h3-6,15H,7H2,1-2H3. The number of nitro benzene ring substituents is 1. The zero-order chi connectivity index (χ0) is 15.4. The van der Waals surface area contributed by atoms with Gasteiger partial charge in [0.2, 0.25) is 0 Å². The van der Waals surface area contributed by atoms with Crippen LogP contribution in [0.15, 0.2) is 28.1 Å².